The molecule has 1 heterocycles. The molecule has 1 unspecified atom stereocenters. The lowest BCUT2D eigenvalue weighted by Crippen LogP contribution is -2.32. The third-order valence-electron chi connectivity index (χ3n) is 3.37. The van der Waals surface area contributed by atoms with Crippen LogP contribution in [0.4, 0.5) is 10.1 Å². The largest absolute Gasteiger partial charge is 0.299 e. The molecule has 104 valence electrons. The summed E-state index contributed by atoms with van der Waals surface area (Å²) in [6, 6.07) is 6.22. The molecule has 1 amide bonds. The summed E-state index contributed by atoms with van der Waals surface area (Å²) < 4.78 is 12.9. The molecule has 1 fully saturated rings. The van der Waals surface area contributed by atoms with Gasteiger partial charge in [-0.05, 0) is 30.7 Å². The first-order chi connectivity index (χ1) is 9.22. The molecule has 0 spiro atoms. The van der Waals surface area contributed by atoms with Crippen molar-refractivity contribution in [2.75, 3.05) is 10.7 Å². The first-order valence-corrected chi connectivity index (χ1v) is 7.96. The molecule has 1 aromatic carbocycles. The van der Waals surface area contributed by atoms with E-state index in [2.05, 4.69) is 6.92 Å². The molecule has 1 saturated heterocycles. The van der Waals surface area contributed by atoms with Gasteiger partial charge in [-0.2, -0.15) is 0 Å². The summed E-state index contributed by atoms with van der Waals surface area (Å²) in [6.07, 6.45) is 5.86. The number of anilines is 1. The number of carbonyl (C=O) groups excluding carboxylic acids is 1. The molecular weight excluding hydrogens is 261 g/mol. The third kappa shape index (κ3) is 3.72. The van der Waals surface area contributed by atoms with Crippen LogP contribution in [-0.4, -0.2) is 17.0 Å². The van der Waals surface area contributed by atoms with Gasteiger partial charge in [0.2, 0.25) is 5.91 Å². The molecule has 1 atom stereocenters. The van der Waals surface area contributed by atoms with E-state index in [0.717, 1.165) is 18.5 Å². The van der Waals surface area contributed by atoms with Crippen molar-refractivity contribution in [2.45, 2.75) is 44.4 Å². The van der Waals surface area contributed by atoms with Crippen LogP contribution in [0.15, 0.2) is 24.3 Å². The van der Waals surface area contributed by atoms with Gasteiger partial charge in [0.1, 0.15) is 5.82 Å². The monoisotopic (exact) mass is 281 g/mol. The summed E-state index contributed by atoms with van der Waals surface area (Å²) in [5, 5.41) is 0.217. The minimum atomic E-state index is -0.262. The van der Waals surface area contributed by atoms with E-state index < -0.39 is 0 Å². The molecule has 0 N–H and O–H groups in total. The van der Waals surface area contributed by atoms with Gasteiger partial charge in [-0.15, -0.1) is 11.8 Å². The molecule has 0 aromatic heterocycles. The Kier molecular flexibility index (Phi) is 5.25. The molecule has 0 aliphatic carbocycles. The van der Waals surface area contributed by atoms with Crippen LogP contribution in [0, 0.1) is 5.82 Å². The van der Waals surface area contributed by atoms with Crippen LogP contribution in [0.1, 0.15) is 39.0 Å². The molecule has 19 heavy (non-hydrogen) atoms. The number of nitrogens with zero attached hydrogens (tertiary/aromatic N) is 1. The van der Waals surface area contributed by atoms with Crippen molar-refractivity contribution < 1.29 is 9.18 Å². The Morgan fingerprint density at radius 2 is 2.00 bits per heavy atom. The molecule has 1 aliphatic rings. The number of unbranched alkanes of at least 4 members (excludes halogenated alkanes) is 3. The maximum absolute atomic E-state index is 12.9. The molecule has 1 aromatic rings. The summed E-state index contributed by atoms with van der Waals surface area (Å²) >= 11 is 1.70. The highest BCUT2D eigenvalue weighted by molar-refractivity contribution is 8.01. The fourth-order valence-corrected chi connectivity index (χ4v) is 3.54. The van der Waals surface area contributed by atoms with E-state index in [1.165, 1.54) is 31.4 Å². The highest BCUT2D eigenvalue weighted by Gasteiger charge is 2.32. The van der Waals surface area contributed by atoms with Gasteiger partial charge in [-0.25, -0.2) is 4.39 Å². The van der Waals surface area contributed by atoms with Crippen LogP contribution < -0.4 is 4.90 Å². The first kappa shape index (κ1) is 14.4. The van der Waals surface area contributed by atoms with Gasteiger partial charge in [0.25, 0.3) is 0 Å². The van der Waals surface area contributed by atoms with Crippen LogP contribution >= 0.6 is 11.8 Å². The maximum Gasteiger partial charge on any atom is 0.238 e. The second-order valence-electron chi connectivity index (χ2n) is 4.86. The van der Waals surface area contributed by atoms with Crippen molar-refractivity contribution in [3.05, 3.63) is 30.1 Å². The Balaban J connectivity index is 1.99. The fraction of sp³-hybridized carbons (Fsp3) is 0.533. The Labute approximate surface area is 118 Å². The Morgan fingerprint density at radius 3 is 2.68 bits per heavy atom. The number of hydrogen-bond donors (Lipinski definition) is 0. The summed E-state index contributed by atoms with van der Waals surface area (Å²) in [7, 11) is 0. The predicted octanol–water partition coefficient (Wildman–Crippen LogP) is 4.20. The van der Waals surface area contributed by atoms with Gasteiger partial charge >= 0.3 is 0 Å². The number of thioether (sulfide) groups is 1. The zero-order valence-corrected chi connectivity index (χ0v) is 12.1. The second-order valence-corrected chi connectivity index (χ2v) is 6.02. The Hall–Kier alpha value is -1.03. The number of hydrogen-bond acceptors (Lipinski definition) is 2. The van der Waals surface area contributed by atoms with E-state index in [-0.39, 0.29) is 17.1 Å². The number of benzene rings is 1. The smallest absolute Gasteiger partial charge is 0.238 e. The van der Waals surface area contributed by atoms with Gasteiger partial charge < -0.3 is 0 Å². The van der Waals surface area contributed by atoms with E-state index in [4.69, 9.17) is 0 Å². The zero-order valence-electron chi connectivity index (χ0n) is 11.3. The van der Waals surface area contributed by atoms with Gasteiger partial charge in [0, 0.05) is 5.69 Å². The molecule has 0 saturated carbocycles. The van der Waals surface area contributed by atoms with Crippen molar-refractivity contribution in [3.63, 3.8) is 0 Å². The Morgan fingerprint density at radius 1 is 1.26 bits per heavy atom. The normalized spacial score (nSPS) is 19.2. The van der Waals surface area contributed by atoms with Crippen molar-refractivity contribution in [1.82, 2.24) is 0 Å². The minimum Gasteiger partial charge on any atom is -0.299 e. The fourth-order valence-electron chi connectivity index (χ4n) is 2.34. The van der Waals surface area contributed by atoms with E-state index in [1.54, 1.807) is 23.9 Å². The van der Waals surface area contributed by atoms with Gasteiger partial charge in [0.15, 0.2) is 0 Å². The third-order valence-corrected chi connectivity index (χ3v) is 4.61. The number of amides is 1. The maximum atomic E-state index is 12.9. The first-order valence-electron chi connectivity index (χ1n) is 6.91. The van der Waals surface area contributed by atoms with Crippen LogP contribution in [0.3, 0.4) is 0 Å². The van der Waals surface area contributed by atoms with Crippen molar-refractivity contribution in [2.24, 2.45) is 0 Å². The number of carbonyl (C=O) groups is 1. The van der Waals surface area contributed by atoms with E-state index in [0.29, 0.717) is 5.75 Å². The molecule has 0 radical (unpaired) electrons. The lowest BCUT2D eigenvalue weighted by atomic mass is 10.1. The number of halogens is 1. The standard InChI is InChI=1S/C15H20FNOS/c1-2-3-4-5-6-15-17(14(18)11-19-15)13-9-7-12(16)8-10-13/h7-10,15H,2-6,11H2,1H3. The van der Waals surface area contributed by atoms with Crippen LogP contribution in [-0.2, 0) is 4.79 Å². The minimum absolute atomic E-state index is 0.136. The van der Waals surface area contributed by atoms with E-state index in [9.17, 15) is 9.18 Å². The highest BCUT2D eigenvalue weighted by Crippen LogP contribution is 2.33. The SMILES string of the molecule is CCCCCCC1SCC(=O)N1c1ccc(F)cc1. The second kappa shape index (κ2) is 6.94. The average Bonchev–Trinajstić information content (AvgIpc) is 2.77. The average molecular weight is 281 g/mol. The van der Waals surface area contributed by atoms with E-state index in [1.807, 2.05) is 4.90 Å². The summed E-state index contributed by atoms with van der Waals surface area (Å²) in [6.45, 7) is 2.19. The summed E-state index contributed by atoms with van der Waals surface area (Å²) in [5.74, 6) is 0.412. The molecule has 2 nitrogen and oxygen atoms in total. The molecule has 4 heteroatoms. The quantitative estimate of drug-likeness (QED) is 0.728. The van der Waals surface area contributed by atoms with Gasteiger partial charge in [-0.1, -0.05) is 32.6 Å². The summed E-state index contributed by atoms with van der Waals surface area (Å²) in [4.78, 5) is 13.8. The summed E-state index contributed by atoms with van der Waals surface area (Å²) in [5.41, 5.74) is 0.817. The molecule has 2 rings (SSSR count). The van der Waals surface area contributed by atoms with Crippen LogP contribution in [0.25, 0.3) is 0 Å². The lowest BCUT2D eigenvalue weighted by molar-refractivity contribution is -0.115. The lowest BCUT2D eigenvalue weighted by Gasteiger charge is -2.24. The van der Waals surface area contributed by atoms with Crippen molar-refractivity contribution in [1.29, 1.82) is 0 Å². The van der Waals surface area contributed by atoms with Crippen molar-refractivity contribution >= 4 is 23.4 Å². The zero-order chi connectivity index (χ0) is 13.7. The number of rotatable bonds is 6. The van der Waals surface area contributed by atoms with Crippen molar-refractivity contribution in [3.8, 4) is 0 Å². The van der Waals surface area contributed by atoms with E-state index >= 15 is 0 Å². The Bertz CT molecular complexity index is 421. The van der Waals surface area contributed by atoms with Crippen LogP contribution in [0.5, 0.6) is 0 Å². The molecule has 1 aliphatic heterocycles. The topological polar surface area (TPSA) is 20.3 Å². The molecular formula is C15H20FNOS. The van der Waals surface area contributed by atoms with Gasteiger partial charge in [-0.3, -0.25) is 9.69 Å². The predicted molar refractivity (Wildman–Crippen MR) is 78.9 cm³/mol. The highest BCUT2D eigenvalue weighted by atomic mass is 32.2. The van der Waals surface area contributed by atoms with Gasteiger partial charge in [0.05, 0.1) is 11.1 Å². The van der Waals surface area contributed by atoms with Crippen LogP contribution in [0.2, 0.25) is 0 Å². The molecule has 0 bridgehead atoms.